The molecule has 3 nitrogen and oxygen atoms in total. The van der Waals surface area contributed by atoms with Crippen molar-refractivity contribution >= 4 is 0 Å². The Bertz CT molecular complexity index is 230. The van der Waals surface area contributed by atoms with E-state index in [1.165, 1.54) is 0 Å². The van der Waals surface area contributed by atoms with Crippen molar-refractivity contribution in [2.45, 2.75) is 44.8 Å². The van der Waals surface area contributed by atoms with Gasteiger partial charge in [0.15, 0.2) is 0 Å². The average molecular weight is 282 g/mol. The molecule has 114 valence electrons. The Morgan fingerprint density at radius 2 is 1.89 bits per heavy atom. The van der Waals surface area contributed by atoms with Crippen molar-refractivity contribution in [3.63, 3.8) is 0 Å². The predicted octanol–water partition coefficient (Wildman–Crippen LogP) is 2.42. The van der Waals surface area contributed by atoms with Crippen molar-refractivity contribution in [1.29, 1.82) is 0 Å². The summed E-state index contributed by atoms with van der Waals surface area (Å²) < 4.78 is 41.2. The quantitative estimate of drug-likeness (QED) is 0.692. The first kappa shape index (κ1) is 16.7. The lowest BCUT2D eigenvalue weighted by Crippen LogP contribution is -2.38. The van der Waals surface area contributed by atoms with Crippen LogP contribution in [0.4, 0.5) is 13.2 Å². The first-order valence-corrected chi connectivity index (χ1v) is 7.07. The largest absolute Gasteiger partial charge is 0.389 e. The van der Waals surface area contributed by atoms with Crippen LogP contribution in [-0.2, 0) is 4.74 Å². The second-order valence-electron chi connectivity index (χ2n) is 5.17. The van der Waals surface area contributed by atoms with Crippen LogP contribution in [0, 0.1) is 0 Å². The summed E-state index contributed by atoms with van der Waals surface area (Å²) in [7, 11) is 0. The van der Waals surface area contributed by atoms with Crippen molar-refractivity contribution in [3.05, 3.63) is 0 Å². The minimum absolute atomic E-state index is 0.159. The molecule has 1 unspecified atom stereocenters. The molecule has 1 rings (SSSR count). The van der Waals surface area contributed by atoms with E-state index < -0.39 is 12.6 Å². The second-order valence-corrected chi connectivity index (χ2v) is 5.17. The molecule has 0 aromatic carbocycles. The van der Waals surface area contributed by atoms with Crippen molar-refractivity contribution in [2.24, 2.45) is 0 Å². The van der Waals surface area contributed by atoms with Gasteiger partial charge in [0.1, 0.15) is 0 Å². The summed E-state index contributed by atoms with van der Waals surface area (Å²) >= 11 is 0. The maximum absolute atomic E-state index is 12.0. The molecular formula is C13H25F3N2O. The highest BCUT2D eigenvalue weighted by molar-refractivity contribution is 4.65. The predicted molar refractivity (Wildman–Crippen MR) is 69.2 cm³/mol. The van der Waals surface area contributed by atoms with E-state index >= 15 is 0 Å². The van der Waals surface area contributed by atoms with Crippen LogP contribution in [0.3, 0.4) is 0 Å². The minimum atomic E-state index is -4.02. The fourth-order valence-electron chi connectivity index (χ4n) is 2.19. The van der Waals surface area contributed by atoms with Gasteiger partial charge >= 0.3 is 6.18 Å². The summed E-state index contributed by atoms with van der Waals surface area (Å²) in [6.07, 6.45) is -2.87. The van der Waals surface area contributed by atoms with E-state index in [2.05, 4.69) is 10.2 Å². The van der Waals surface area contributed by atoms with Gasteiger partial charge in [0.05, 0.1) is 13.2 Å². The third-order valence-corrected chi connectivity index (χ3v) is 3.35. The zero-order valence-corrected chi connectivity index (χ0v) is 11.6. The highest BCUT2D eigenvalue weighted by atomic mass is 19.4. The third-order valence-electron chi connectivity index (χ3n) is 3.35. The number of rotatable bonds is 8. The van der Waals surface area contributed by atoms with E-state index in [0.29, 0.717) is 6.42 Å². The molecule has 1 N–H and O–H groups in total. The van der Waals surface area contributed by atoms with Crippen LogP contribution in [0.15, 0.2) is 0 Å². The summed E-state index contributed by atoms with van der Waals surface area (Å²) in [5, 5.41) is 3.28. The summed E-state index contributed by atoms with van der Waals surface area (Å²) in [6.45, 7) is 7.44. The summed E-state index contributed by atoms with van der Waals surface area (Å²) in [4.78, 5) is 2.36. The second kappa shape index (κ2) is 8.76. The molecule has 0 spiro atoms. The Kier molecular flexibility index (Phi) is 7.71. The number of morpholine rings is 1. The van der Waals surface area contributed by atoms with Crippen LogP contribution in [0.5, 0.6) is 0 Å². The number of hydrogen-bond donors (Lipinski definition) is 1. The molecule has 0 aliphatic carbocycles. The van der Waals surface area contributed by atoms with Crippen molar-refractivity contribution in [3.8, 4) is 0 Å². The Morgan fingerprint density at radius 1 is 1.21 bits per heavy atom. The van der Waals surface area contributed by atoms with Crippen LogP contribution in [0.25, 0.3) is 0 Å². The molecule has 1 saturated heterocycles. The average Bonchev–Trinajstić information content (AvgIpc) is 2.34. The number of halogens is 3. The van der Waals surface area contributed by atoms with E-state index in [0.717, 1.165) is 45.8 Å². The lowest BCUT2D eigenvalue weighted by molar-refractivity contribution is -0.135. The fraction of sp³-hybridized carbons (Fsp3) is 1.00. The molecule has 0 aromatic heterocycles. The van der Waals surface area contributed by atoms with Crippen LogP contribution in [0.1, 0.15) is 32.6 Å². The smallest absolute Gasteiger partial charge is 0.379 e. The van der Waals surface area contributed by atoms with Gasteiger partial charge in [-0.2, -0.15) is 13.2 Å². The Hall–Kier alpha value is -0.330. The first-order valence-electron chi connectivity index (χ1n) is 7.07. The van der Waals surface area contributed by atoms with Crippen LogP contribution >= 0.6 is 0 Å². The number of hydrogen-bond acceptors (Lipinski definition) is 3. The van der Waals surface area contributed by atoms with Gasteiger partial charge in [0.25, 0.3) is 0 Å². The molecular weight excluding hydrogens is 257 g/mol. The molecule has 0 saturated carbocycles. The monoisotopic (exact) mass is 282 g/mol. The van der Waals surface area contributed by atoms with Gasteiger partial charge in [-0.05, 0) is 39.3 Å². The molecule has 1 atom stereocenters. The normalized spacial score (nSPS) is 19.6. The molecule has 6 heteroatoms. The molecule has 1 aliphatic heterocycles. The van der Waals surface area contributed by atoms with Gasteiger partial charge in [0, 0.05) is 25.6 Å². The third kappa shape index (κ3) is 9.24. The first-order chi connectivity index (χ1) is 8.97. The van der Waals surface area contributed by atoms with E-state index in [1.807, 2.05) is 6.92 Å². The van der Waals surface area contributed by atoms with Crippen molar-refractivity contribution in [2.75, 3.05) is 39.4 Å². The maximum atomic E-state index is 12.0. The molecule has 0 radical (unpaired) electrons. The topological polar surface area (TPSA) is 24.5 Å². The van der Waals surface area contributed by atoms with Crippen molar-refractivity contribution < 1.29 is 17.9 Å². The van der Waals surface area contributed by atoms with E-state index in [1.54, 1.807) is 0 Å². The van der Waals surface area contributed by atoms with Gasteiger partial charge < -0.3 is 10.1 Å². The highest BCUT2D eigenvalue weighted by Crippen LogP contribution is 2.22. The standard InChI is InChI=1S/C13H25F3N2O/c1-12(4-2-5-13(14,15)16)17-6-3-7-18-8-10-19-11-9-18/h12,17H,2-11H2,1H3. The molecule has 1 fully saturated rings. The Balaban J connectivity index is 1.93. The maximum Gasteiger partial charge on any atom is 0.389 e. The Labute approximate surface area is 113 Å². The van der Waals surface area contributed by atoms with Gasteiger partial charge in [0.2, 0.25) is 0 Å². The van der Waals surface area contributed by atoms with Crippen LogP contribution in [-0.4, -0.2) is 56.5 Å². The van der Waals surface area contributed by atoms with Crippen molar-refractivity contribution in [1.82, 2.24) is 10.2 Å². The molecule has 19 heavy (non-hydrogen) atoms. The van der Waals surface area contributed by atoms with Gasteiger partial charge in [-0.1, -0.05) is 0 Å². The van der Waals surface area contributed by atoms with Gasteiger partial charge in [-0.15, -0.1) is 0 Å². The van der Waals surface area contributed by atoms with Gasteiger partial charge in [-0.3, -0.25) is 4.90 Å². The van der Waals surface area contributed by atoms with E-state index in [9.17, 15) is 13.2 Å². The highest BCUT2D eigenvalue weighted by Gasteiger charge is 2.26. The number of nitrogens with one attached hydrogen (secondary N) is 1. The number of nitrogens with zero attached hydrogens (tertiary/aromatic N) is 1. The van der Waals surface area contributed by atoms with E-state index in [-0.39, 0.29) is 12.5 Å². The number of ether oxygens (including phenoxy) is 1. The Morgan fingerprint density at radius 3 is 2.53 bits per heavy atom. The summed E-state index contributed by atoms with van der Waals surface area (Å²) in [5.74, 6) is 0. The molecule has 1 aliphatic rings. The molecule has 0 amide bonds. The molecule has 0 bridgehead atoms. The fourth-order valence-corrected chi connectivity index (χ4v) is 2.19. The van der Waals surface area contributed by atoms with Gasteiger partial charge in [-0.25, -0.2) is 0 Å². The number of alkyl halides is 3. The van der Waals surface area contributed by atoms with Crippen LogP contribution < -0.4 is 5.32 Å². The zero-order valence-electron chi connectivity index (χ0n) is 11.6. The summed E-state index contributed by atoms with van der Waals surface area (Å²) in [6, 6.07) is 0.159. The lowest BCUT2D eigenvalue weighted by Gasteiger charge is -2.26. The molecule has 0 aromatic rings. The summed E-state index contributed by atoms with van der Waals surface area (Å²) in [5.41, 5.74) is 0. The van der Waals surface area contributed by atoms with Crippen LogP contribution in [0.2, 0.25) is 0 Å². The zero-order chi connectivity index (χ0) is 14.1. The lowest BCUT2D eigenvalue weighted by atomic mass is 10.1. The SMILES string of the molecule is CC(CCCC(F)(F)F)NCCCN1CCOCC1. The molecule has 1 heterocycles. The minimum Gasteiger partial charge on any atom is -0.379 e. The van der Waals surface area contributed by atoms with E-state index in [4.69, 9.17) is 4.74 Å².